The summed E-state index contributed by atoms with van der Waals surface area (Å²) in [6.45, 7) is -0.171. The summed E-state index contributed by atoms with van der Waals surface area (Å²) in [5.41, 5.74) is 5.50. The summed E-state index contributed by atoms with van der Waals surface area (Å²) in [6.07, 6.45) is 4.26. The highest BCUT2D eigenvalue weighted by Gasteiger charge is 2.13. The fourth-order valence-corrected chi connectivity index (χ4v) is 1.82. The first kappa shape index (κ1) is 17.9. The molecule has 0 unspecified atom stereocenters. The summed E-state index contributed by atoms with van der Waals surface area (Å²) in [6, 6.07) is 2.66. The van der Waals surface area contributed by atoms with Gasteiger partial charge in [0.05, 0.1) is 11.7 Å². The van der Waals surface area contributed by atoms with Gasteiger partial charge in [-0.15, -0.1) is 0 Å². The monoisotopic (exact) mass is 344 g/mol. The van der Waals surface area contributed by atoms with E-state index in [0.29, 0.717) is 0 Å². The molecule has 0 saturated heterocycles. The Morgan fingerprint density at radius 1 is 1.08 bits per heavy atom. The molecule has 0 aromatic carbocycles. The average molecular weight is 344 g/mol. The molecular weight excluding hydrogens is 328 g/mol. The fraction of sp³-hybridized carbons (Fsp3) is 0.200. The standard InChI is InChI=1S/C15H16N6O4/c16-13(23)12-3-9(1-2-19-12)14(24)20-6-11(22)7-21-15(25)10-4-17-8-18-5-10/h1-5,8,11,22H,6-7H2,(H2,16,23)(H,20,24)(H,21,25)/t11-/m1/s1. The van der Waals surface area contributed by atoms with Crippen molar-refractivity contribution >= 4 is 17.7 Å². The lowest BCUT2D eigenvalue weighted by atomic mass is 10.2. The first-order chi connectivity index (χ1) is 12.0. The van der Waals surface area contributed by atoms with Crippen LogP contribution in [0.1, 0.15) is 31.2 Å². The average Bonchev–Trinajstić information content (AvgIpc) is 2.64. The summed E-state index contributed by atoms with van der Waals surface area (Å²) < 4.78 is 0. The highest BCUT2D eigenvalue weighted by atomic mass is 16.3. The number of amides is 3. The van der Waals surface area contributed by atoms with E-state index in [1.807, 2.05) is 0 Å². The number of hydrogen-bond acceptors (Lipinski definition) is 7. The van der Waals surface area contributed by atoms with Crippen molar-refractivity contribution in [2.75, 3.05) is 13.1 Å². The topological polar surface area (TPSA) is 160 Å². The normalized spacial score (nSPS) is 11.4. The Morgan fingerprint density at radius 3 is 2.28 bits per heavy atom. The molecular formula is C15H16N6O4. The summed E-state index contributed by atoms with van der Waals surface area (Å²) in [7, 11) is 0. The molecule has 2 heterocycles. The van der Waals surface area contributed by atoms with Crippen LogP contribution in [0.25, 0.3) is 0 Å². The third-order valence-corrected chi connectivity index (χ3v) is 3.09. The van der Waals surface area contributed by atoms with E-state index in [1.54, 1.807) is 0 Å². The van der Waals surface area contributed by atoms with Gasteiger partial charge in [0.15, 0.2) is 0 Å². The second-order valence-corrected chi connectivity index (χ2v) is 5.00. The number of rotatable bonds is 7. The minimum Gasteiger partial charge on any atom is -0.389 e. The van der Waals surface area contributed by atoms with E-state index in [0.717, 1.165) is 0 Å². The van der Waals surface area contributed by atoms with Crippen molar-refractivity contribution in [1.29, 1.82) is 0 Å². The first-order valence-corrected chi connectivity index (χ1v) is 7.22. The molecule has 0 saturated carbocycles. The van der Waals surface area contributed by atoms with Gasteiger partial charge in [-0.1, -0.05) is 0 Å². The van der Waals surface area contributed by atoms with Gasteiger partial charge in [0.2, 0.25) is 0 Å². The molecule has 0 aliphatic rings. The molecule has 0 aliphatic carbocycles. The number of hydrogen-bond donors (Lipinski definition) is 4. The third-order valence-electron chi connectivity index (χ3n) is 3.09. The van der Waals surface area contributed by atoms with Crippen LogP contribution in [0.2, 0.25) is 0 Å². The summed E-state index contributed by atoms with van der Waals surface area (Å²) in [4.78, 5) is 46.0. The van der Waals surface area contributed by atoms with E-state index in [1.165, 1.54) is 37.1 Å². The molecule has 25 heavy (non-hydrogen) atoms. The number of primary amides is 1. The summed E-state index contributed by atoms with van der Waals surface area (Å²) in [5.74, 6) is -1.69. The molecule has 0 aliphatic heterocycles. The van der Waals surface area contributed by atoms with E-state index in [2.05, 4.69) is 25.6 Å². The molecule has 2 aromatic heterocycles. The maximum Gasteiger partial charge on any atom is 0.267 e. The Labute approximate surface area is 142 Å². The van der Waals surface area contributed by atoms with Gasteiger partial charge in [-0.25, -0.2) is 9.97 Å². The number of aliphatic hydroxyl groups excluding tert-OH is 1. The number of aromatic nitrogens is 3. The van der Waals surface area contributed by atoms with E-state index in [-0.39, 0.29) is 29.9 Å². The molecule has 2 rings (SSSR count). The van der Waals surface area contributed by atoms with Crippen molar-refractivity contribution < 1.29 is 19.5 Å². The van der Waals surface area contributed by atoms with Crippen molar-refractivity contribution in [3.8, 4) is 0 Å². The van der Waals surface area contributed by atoms with Gasteiger partial charge < -0.3 is 21.5 Å². The Kier molecular flexibility index (Phi) is 6.07. The molecule has 0 spiro atoms. The Balaban J connectivity index is 1.80. The zero-order valence-corrected chi connectivity index (χ0v) is 13.0. The van der Waals surface area contributed by atoms with E-state index >= 15 is 0 Å². The zero-order valence-electron chi connectivity index (χ0n) is 13.0. The van der Waals surface area contributed by atoms with E-state index < -0.39 is 23.8 Å². The van der Waals surface area contributed by atoms with Gasteiger partial charge in [-0.3, -0.25) is 19.4 Å². The van der Waals surface area contributed by atoms with E-state index in [9.17, 15) is 19.5 Å². The van der Waals surface area contributed by atoms with Gasteiger partial charge in [-0.05, 0) is 12.1 Å². The molecule has 2 aromatic rings. The second-order valence-electron chi connectivity index (χ2n) is 5.00. The Bertz CT molecular complexity index is 768. The van der Waals surface area contributed by atoms with Crippen LogP contribution in [0.5, 0.6) is 0 Å². The Hall–Kier alpha value is -3.40. The first-order valence-electron chi connectivity index (χ1n) is 7.22. The van der Waals surface area contributed by atoms with Crippen molar-refractivity contribution in [3.63, 3.8) is 0 Å². The number of carbonyl (C=O) groups excluding carboxylic acids is 3. The summed E-state index contributed by atoms with van der Waals surface area (Å²) >= 11 is 0. The maximum absolute atomic E-state index is 12.0. The van der Waals surface area contributed by atoms with Crippen LogP contribution in [0.4, 0.5) is 0 Å². The van der Waals surface area contributed by atoms with Gasteiger partial charge in [0, 0.05) is 37.2 Å². The number of nitrogens with zero attached hydrogens (tertiary/aromatic N) is 3. The predicted molar refractivity (Wildman–Crippen MR) is 85.5 cm³/mol. The van der Waals surface area contributed by atoms with Crippen molar-refractivity contribution in [3.05, 3.63) is 53.9 Å². The van der Waals surface area contributed by atoms with Crippen LogP contribution >= 0.6 is 0 Å². The van der Waals surface area contributed by atoms with Gasteiger partial charge in [-0.2, -0.15) is 0 Å². The largest absolute Gasteiger partial charge is 0.389 e. The minimum atomic E-state index is -1.00. The molecule has 3 amide bonds. The van der Waals surface area contributed by atoms with Gasteiger partial charge >= 0.3 is 0 Å². The van der Waals surface area contributed by atoms with Crippen molar-refractivity contribution in [2.24, 2.45) is 5.73 Å². The fourth-order valence-electron chi connectivity index (χ4n) is 1.82. The van der Waals surface area contributed by atoms with Crippen LogP contribution < -0.4 is 16.4 Å². The van der Waals surface area contributed by atoms with Crippen molar-refractivity contribution in [1.82, 2.24) is 25.6 Å². The molecule has 130 valence electrons. The van der Waals surface area contributed by atoms with Gasteiger partial charge in [0.1, 0.15) is 12.0 Å². The minimum absolute atomic E-state index is 0.0365. The molecule has 0 bridgehead atoms. The number of aliphatic hydroxyl groups is 1. The number of nitrogens with two attached hydrogens (primary N) is 1. The second kappa shape index (κ2) is 8.45. The number of pyridine rings is 1. The Morgan fingerprint density at radius 2 is 1.68 bits per heavy atom. The van der Waals surface area contributed by atoms with Crippen molar-refractivity contribution in [2.45, 2.75) is 6.10 Å². The lowest BCUT2D eigenvalue weighted by Gasteiger charge is -2.13. The summed E-state index contributed by atoms with van der Waals surface area (Å²) in [5, 5.41) is 14.8. The molecule has 1 atom stereocenters. The van der Waals surface area contributed by atoms with E-state index in [4.69, 9.17) is 5.73 Å². The number of carbonyl (C=O) groups is 3. The molecule has 0 radical (unpaired) electrons. The van der Waals surface area contributed by atoms with Crippen LogP contribution in [-0.4, -0.2) is 57.0 Å². The zero-order chi connectivity index (χ0) is 18.2. The molecule has 0 fully saturated rings. The SMILES string of the molecule is NC(=O)c1cc(C(=O)NC[C@@H](O)CNC(=O)c2cncnc2)ccn1. The maximum atomic E-state index is 12.0. The van der Waals surface area contributed by atoms with Crippen LogP contribution in [0, 0.1) is 0 Å². The third kappa shape index (κ3) is 5.32. The molecule has 10 nitrogen and oxygen atoms in total. The number of nitrogens with one attached hydrogen (secondary N) is 2. The quantitative estimate of drug-likeness (QED) is 0.475. The lowest BCUT2D eigenvalue weighted by Crippen LogP contribution is -2.40. The van der Waals surface area contributed by atoms with Crippen LogP contribution in [-0.2, 0) is 0 Å². The predicted octanol–water partition coefficient (Wildman–Crippen LogP) is -1.51. The van der Waals surface area contributed by atoms with Gasteiger partial charge in [0.25, 0.3) is 17.7 Å². The lowest BCUT2D eigenvalue weighted by molar-refractivity contribution is 0.0884. The van der Waals surface area contributed by atoms with Crippen LogP contribution in [0.3, 0.4) is 0 Å². The molecule has 5 N–H and O–H groups in total. The molecule has 10 heteroatoms. The highest BCUT2D eigenvalue weighted by molar-refractivity contribution is 5.98. The smallest absolute Gasteiger partial charge is 0.267 e. The van der Waals surface area contributed by atoms with Crippen LogP contribution in [0.15, 0.2) is 37.1 Å². The highest BCUT2D eigenvalue weighted by Crippen LogP contribution is 2.01.